The Labute approximate surface area is 182 Å². The molecule has 0 bridgehead atoms. The fourth-order valence-electron chi connectivity index (χ4n) is 4.74. The molecule has 0 saturated carbocycles. The number of amides is 2. The average Bonchev–Trinajstić information content (AvgIpc) is 3.24. The quantitative estimate of drug-likeness (QED) is 0.621. The summed E-state index contributed by atoms with van der Waals surface area (Å²) in [5, 5.41) is 0. The van der Waals surface area contributed by atoms with Gasteiger partial charge in [0, 0.05) is 65.6 Å². The van der Waals surface area contributed by atoms with Gasteiger partial charge in [0.1, 0.15) is 0 Å². The average molecular weight is 417 g/mol. The van der Waals surface area contributed by atoms with Crippen LogP contribution in [0.25, 0.3) is 0 Å². The fourth-order valence-corrected chi connectivity index (χ4v) is 4.74. The van der Waals surface area contributed by atoms with Crippen LogP contribution in [-0.2, 0) is 11.2 Å². The van der Waals surface area contributed by atoms with E-state index in [2.05, 4.69) is 47.2 Å². The van der Waals surface area contributed by atoms with Crippen LogP contribution in [0.3, 0.4) is 0 Å². The second kappa shape index (κ2) is 11.7. The standard InChI is InChI=1S/C24H40N4O2/c1-25(2)24(29)27-15-11-23(20-27)28(22-12-18-30-19-13-22)17-16-26(3)14-7-10-21-8-5-4-6-9-21/h4-6,8-9,22-23H,7,10-20H2,1-3H3. The van der Waals surface area contributed by atoms with Crippen LogP contribution in [0.5, 0.6) is 0 Å². The van der Waals surface area contributed by atoms with Crippen molar-refractivity contribution in [2.45, 2.75) is 44.2 Å². The molecule has 0 spiro atoms. The van der Waals surface area contributed by atoms with Gasteiger partial charge in [-0.15, -0.1) is 0 Å². The Bertz CT molecular complexity index is 633. The zero-order valence-electron chi connectivity index (χ0n) is 19.1. The fraction of sp³-hybridized carbons (Fsp3) is 0.708. The molecular formula is C24H40N4O2. The third-order valence-corrected chi connectivity index (χ3v) is 6.53. The second-order valence-electron chi connectivity index (χ2n) is 9.04. The first kappa shape index (κ1) is 23.0. The molecule has 1 aromatic rings. The zero-order valence-corrected chi connectivity index (χ0v) is 19.1. The third kappa shape index (κ3) is 6.69. The van der Waals surface area contributed by atoms with Gasteiger partial charge in [0.25, 0.3) is 0 Å². The first-order valence-corrected chi connectivity index (χ1v) is 11.6. The highest BCUT2D eigenvalue weighted by molar-refractivity contribution is 5.74. The molecule has 2 heterocycles. The summed E-state index contributed by atoms with van der Waals surface area (Å²) in [6.45, 7) is 6.71. The number of likely N-dealkylation sites (tertiary alicyclic amines) is 1. The molecule has 2 saturated heterocycles. The summed E-state index contributed by atoms with van der Waals surface area (Å²) in [5.74, 6) is 0. The predicted octanol–water partition coefficient (Wildman–Crippen LogP) is 2.79. The van der Waals surface area contributed by atoms with Gasteiger partial charge in [-0.3, -0.25) is 4.90 Å². The van der Waals surface area contributed by atoms with Gasteiger partial charge in [0.05, 0.1) is 0 Å². The second-order valence-corrected chi connectivity index (χ2v) is 9.04. The van der Waals surface area contributed by atoms with E-state index in [0.29, 0.717) is 12.1 Å². The normalized spacial score (nSPS) is 20.3. The molecule has 0 aliphatic carbocycles. The smallest absolute Gasteiger partial charge is 0.319 e. The molecule has 30 heavy (non-hydrogen) atoms. The minimum Gasteiger partial charge on any atom is -0.381 e. The Hall–Kier alpha value is -1.63. The molecule has 1 aromatic carbocycles. The van der Waals surface area contributed by atoms with Crippen molar-refractivity contribution in [3.05, 3.63) is 35.9 Å². The summed E-state index contributed by atoms with van der Waals surface area (Å²) in [7, 11) is 5.93. The lowest BCUT2D eigenvalue weighted by atomic mass is 10.0. The first-order chi connectivity index (χ1) is 14.5. The molecule has 6 heteroatoms. The molecule has 168 valence electrons. The number of urea groups is 1. The zero-order chi connectivity index (χ0) is 21.3. The Morgan fingerprint density at radius 3 is 2.43 bits per heavy atom. The van der Waals surface area contributed by atoms with Gasteiger partial charge in [0.2, 0.25) is 0 Å². The van der Waals surface area contributed by atoms with Crippen molar-refractivity contribution in [2.24, 2.45) is 0 Å². The summed E-state index contributed by atoms with van der Waals surface area (Å²) in [6.07, 6.45) is 5.62. The van der Waals surface area contributed by atoms with Crippen molar-refractivity contribution in [2.75, 3.05) is 67.1 Å². The molecule has 2 aliphatic heterocycles. The highest BCUT2D eigenvalue weighted by Gasteiger charge is 2.34. The molecular weight excluding hydrogens is 376 g/mol. The van der Waals surface area contributed by atoms with Crippen molar-refractivity contribution in [1.82, 2.24) is 19.6 Å². The van der Waals surface area contributed by atoms with Crippen LogP contribution in [0.1, 0.15) is 31.2 Å². The number of rotatable bonds is 9. The van der Waals surface area contributed by atoms with Gasteiger partial charge >= 0.3 is 6.03 Å². The summed E-state index contributed by atoms with van der Waals surface area (Å²) in [4.78, 5) is 21.3. The third-order valence-electron chi connectivity index (χ3n) is 6.53. The molecule has 6 nitrogen and oxygen atoms in total. The Kier molecular flexibility index (Phi) is 8.97. The number of hydrogen-bond acceptors (Lipinski definition) is 4. The molecule has 2 fully saturated rings. The van der Waals surface area contributed by atoms with Crippen LogP contribution in [0, 0.1) is 0 Å². The maximum Gasteiger partial charge on any atom is 0.319 e. The molecule has 0 aromatic heterocycles. The van der Waals surface area contributed by atoms with Gasteiger partial charge in [-0.05, 0) is 51.3 Å². The van der Waals surface area contributed by atoms with E-state index >= 15 is 0 Å². The van der Waals surface area contributed by atoms with E-state index in [-0.39, 0.29) is 6.03 Å². The van der Waals surface area contributed by atoms with Crippen molar-refractivity contribution >= 4 is 6.03 Å². The molecule has 0 N–H and O–H groups in total. The summed E-state index contributed by atoms with van der Waals surface area (Å²) in [6, 6.07) is 11.9. The Morgan fingerprint density at radius 2 is 1.73 bits per heavy atom. The van der Waals surface area contributed by atoms with Gasteiger partial charge in [-0.1, -0.05) is 30.3 Å². The maximum atomic E-state index is 12.4. The number of hydrogen-bond donors (Lipinski definition) is 0. The van der Waals surface area contributed by atoms with Crippen LogP contribution < -0.4 is 0 Å². The van der Waals surface area contributed by atoms with Crippen molar-refractivity contribution in [1.29, 1.82) is 0 Å². The summed E-state index contributed by atoms with van der Waals surface area (Å²) >= 11 is 0. The maximum absolute atomic E-state index is 12.4. The predicted molar refractivity (Wildman–Crippen MR) is 122 cm³/mol. The van der Waals surface area contributed by atoms with Gasteiger partial charge < -0.3 is 19.4 Å². The molecule has 1 atom stereocenters. The van der Waals surface area contributed by atoms with Crippen LogP contribution >= 0.6 is 0 Å². The molecule has 3 rings (SSSR count). The van der Waals surface area contributed by atoms with E-state index in [1.165, 1.54) is 12.0 Å². The van der Waals surface area contributed by atoms with E-state index in [1.54, 1.807) is 4.90 Å². The first-order valence-electron chi connectivity index (χ1n) is 11.6. The summed E-state index contributed by atoms with van der Waals surface area (Å²) in [5.41, 5.74) is 1.42. The number of nitrogens with zero attached hydrogens (tertiary/aromatic N) is 4. The minimum absolute atomic E-state index is 0.141. The van der Waals surface area contributed by atoms with Crippen molar-refractivity contribution < 1.29 is 9.53 Å². The number of aryl methyl sites for hydroxylation is 1. The Balaban J connectivity index is 1.49. The largest absolute Gasteiger partial charge is 0.381 e. The number of benzene rings is 1. The van der Waals surface area contributed by atoms with Crippen LogP contribution in [-0.4, -0.2) is 105 Å². The lowest BCUT2D eigenvalue weighted by Crippen LogP contribution is -2.50. The van der Waals surface area contributed by atoms with Crippen LogP contribution in [0.2, 0.25) is 0 Å². The lowest BCUT2D eigenvalue weighted by molar-refractivity contribution is 0.0152. The highest BCUT2D eigenvalue weighted by atomic mass is 16.5. The van der Waals surface area contributed by atoms with Gasteiger partial charge in [0.15, 0.2) is 0 Å². The Morgan fingerprint density at radius 1 is 1.00 bits per heavy atom. The number of likely N-dealkylation sites (N-methyl/N-ethyl adjacent to an activating group) is 1. The highest BCUT2D eigenvalue weighted by Crippen LogP contribution is 2.23. The monoisotopic (exact) mass is 416 g/mol. The van der Waals surface area contributed by atoms with Gasteiger partial charge in [-0.25, -0.2) is 4.79 Å². The lowest BCUT2D eigenvalue weighted by Gasteiger charge is -2.39. The van der Waals surface area contributed by atoms with Crippen molar-refractivity contribution in [3.63, 3.8) is 0 Å². The topological polar surface area (TPSA) is 39.3 Å². The van der Waals surface area contributed by atoms with E-state index in [4.69, 9.17) is 4.74 Å². The van der Waals surface area contributed by atoms with E-state index in [9.17, 15) is 4.79 Å². The van der Waals surface area contributed by atoms with Crippen LogP contribution in [0.15, 0.2) is 30.3 Å². The molecule has 0 radical (unpaired) electrons. The van der Waals surface area contributed by atoms with E-state index in [0.717, 1.165) is 71.6 Å². The van der Waals surface area contributed by atoms with E-state index < -0.39 is 0 Å². The minimum atomic E-state index is 0.141. The molecule has 1 unspecified atom stereocenters. The number of carbonyl (C=O) groups is 1. The van der Waals surface area contributed by atoms with Gasteiger partial charge in [-0.2, -0.15) is 0 Å². The van der Waals surface area contributed by atoms with E-state index in [1.807, 2.05) is 19.0 Å². The molecule has 2 amide bonds. The molecule has 2 aliphatic rings. The number of carbonyl (C=O) groups excluding carboxylic acids is 1. The SMILES string of the molecule is CN(CCCc1ccccc1)CCN(C1CCOCC1)C1CCN(C(=O)N(C)C)C1. The summed E-state index contributed by atoms with van der Waals surface area (Å²) < 4.78 is 5.62. The van der Waals surface area contributed by atoms with Crippen LogP contribution in [0.4, 0.5) is 4.79 Å². The number of ether oxygens (including phenoxy) is 1. The van der Waals surface area contributed by atoms with Crippen molar-refractivity contribution in [3.8, 4) is 0 Å².